The molecule has 24 heavy (non-hydrogen) atoms. The minimum atomic E-state index is -0.367. The first-order chi connectivity index (χ1) is 11.6. The van der Waals surface area contributed by atoms with Gasteiger partial charge in [-0.2, -0.15) is 5.10 Å². The highest BCUT2D eigenvalue weighted by Gasteiger charge is 2.15. The third-order valence-corrected chi connectivity index (χ3v) is 4.78. The van der Waals surface area contributed by atoms with Crippen LogP contribution in [0.25, 0.3) is 5.57 Å². The summed E-state index contributed by atoms with van der Waals surface area (Å²) in [6, 6.07) is 8.04. The summed E-state index contributed by atoms with van der Waals surface area (Å²) in [5.74, 6) is 0.849. The van der Waals surface area contributed by atoms with Crippen LogP contribution in [0.1, 0.15) is 12.0 Å². The Morgan fingerprint density at radius 1 is 1.25 bits per heavy atom. The fourth-order valence-corrected chi connectivity index (χ4v) is 2.91. The molecule has 0 fully saturated rings. The Labute approximate surface area is 150 Å². The number of halogens is 2. The van der Waals surface area contributed by atoms with E-state index in [1.54, 1.807) is 7.11 Å². The summed E-state index contributed by atoms with van der Waals surface area (Å²) in [7, 11) is 1.66. The summed E-state index contributed by atoms with van der Waals surface area (Å²) < 4.78 is 6.52. The molecule has 0 amide bonds. The van der Waals surface area contributed by atoms with Gasteiger partial charge >= 0.3 is 0 Å². The van der Waals surface area contributed by atoms with Crippen molar-refractivity contribution in [1.29, 1.82) is 0 Å². The number of methoxy groups -OCH3 is 1. The van der Waals surface area contributed by atoms with Gasteiger partial charge in [0, 0.05) is 13.1 Å². The molecule has 1 aliphatic heterocycles. The van der Waals surface area contributed by atoms with Crippen LogP contribution in [-0.2, 0) is 6.67 Å². The summed E-state index contributed by atoms with van der Waals surface area (Å²) in [6.07, 6.45) is 4.48. The zero-order chi connectivity index (χ0) is 17.1. The van der Waals surface area contributed by atoms with E-state index in [4.69, 9.17) is 27.9 Å². The highest BCUT2D eigenvalue weighted by molar-refractivity contribution is 6.41. The van der Waals surface area contributed by atoms with Crippen LogP contribution in [0.3, 0.4) is 0 Å². The molecule has 0 unspecified atom stereocenters. The van der Waals surface area contributed by atoms with Gasteiger partial charge in [-0.05, 0) is 29.7 Å². The smallest absolute Gasteiger partial charge is 0.288 e. The van der Waals surface area contributed by atoms with Crippen LogP contribution in [-0.4, -0.2) is 34.9 Å². The molecule has 0 bridgehead atoms. The maximum Gasteiger partial charge on any atom is 0.288 e. The standard InChI is InChI=1S/C17H17Cl2N3O2/c1-24-14-4-2-12(3-5-14)13-6-8-21(9-7-13)11-22-17(23)16(19)15(18)10-20-22/h2-6,10H,7-9,11H2,1H3. The average molecular weight is 366 g/mol. The Kier molecular flexibility index (Phi) is 5.23. The third-order valence-electron chi connectivity index (χ3n) is 4.03. The Morgan fingerprint density at radius 3 is 2.62 bits per heavy atom. The van der Waals surface area contributed by atoms with E-state index in [-0.39, 0.29) is 15.6 Å². The lowest BCUT2D eigenvalue weighted by Crippen LogP contribution is -2.36. The second kappa shape index (κ2) is 7.38. The van der Waals surface area contributed by atoms with Gasteiger partial charge in [-0.1, -0.05) is 41.4 Å². The molecule has 0 aliphatic carbocycles. The largest absolute Gasteiger partial charge is 0.497 e. The van der Waals surface area contributed by atoms with Crippen molar-refractivity contribution in [3.63, 3.8) is 0 Å². The molecular formula is C17H17Cl2N3O2. The predicted octanol–water partition coefficient (Wildman–Crippen LogP) is 3.31. The zero-order valence-corrected chi connectivity index (χ0v) is 14.7. The average Bonchev–Trinajstić information content (AvgIpc) is 2.63. The van der Waals surface area contributed by atoms with Crippen LogP contribution < -0.4 is 10.3 Å². The van der Waals surface area contributed by atoms with Crippen molar-refractivity contribution in [2.75, 3.05) is 20.2 Å². The summed E-state index contributed by atoms with van der Waals surface area (Å²) in [6.45, 7) is 1.98. The number of hydrogen-bond donors (Lipinski definition) is 0. The van der Waals surface area contributed by atoms with Crippen molar-refractivity contribution in [1.82, 2.24) is 14.7 Å². The number of rotatable bonds is 4. The minimum absolute atomic E-state index is 0.0122. The van der Waals surface area contributed by atoms with Gasteiger partial charge in [-0.3, -0.25) is 9.69 Å². The number of hydrogen-bond acceptors (Lipinski definition) is 4. The highest BCUT2D eigenvalue weighted by Crippen LogP contribution is 2.24. The molecular weight excluding hydrogens is 349 g/mol. The van der Waals surface area contributed by atoms with Gasteiger partial charge in [0.05, 0.1) is 25.0 Å². The third kappa shape index (κ3) is 3.64. The van der Waals surface area contributed by atoms with Crippen molar-refractivity contribution in [2.45, 2.75) is 13.1 Å². The molecule has 1 aromatic carbocycles. The molecule has 7 heteroatoms. The fraction of sp³-hybridized carbons (Fsp3) is 0.294. The fourth-order valence-electron chi connectivity index (χ4n) is 2.64. The molecule has 0 saturated carbocycles. The van der Waals surface area contributed by atoms with Gasteiger partial charge in [0.2, 0.25) is 0 Å². The van der Waals surface area contributed by atoms with E-state index in [1.165, 1.54) is 22.0 Å². The van der Waals surface area contributed by atoms with Crippen LogP contribution in [0.5, 0.6) is 5.75 Å². The Bertz CT molecular complexity index is 816. The van der Waals surface area contributed by atoms with Gasteiger partial charge < -0.3 is 4.74 Å². The molecule has 1 aliphatic rings. The van der Waals surface area contributed by atoms with Gasteiger partial charge in [0.25, 0.3) is 5.56 Å². The van der Waals surface area contributed by atoms with E-state index in [0.717, 1.165) is 25.3 Å². The summed E-state index contributed by atoms with van der Waals surface area (Å²) >= 11 is 11.7. The lowest BCUT2D eigenvalue weighted by molar-refractivity contribution is 0.222. The molecule has 0 N–H and O–H groups in total. The summed E-state index contributed by atoms with van der Waals surface area (Å²) in [4.78, 5) is 14.2. The van der Waals surface area contributed by atoms with Gasteiger partial charge in [-0.25, -0.2) is 4.68 Å². The van der Waals surface area contributed by atoms with Crippen molar-refractivity contribution in [2.24, 2.45) is 0 Å². The Morgan fingerprint density at radius 2 is 2.00 bits per heavy atom. The van der Waals surface area contributed by atoms with Crippen molar-refractivity contribution in [3.8, 4) is 5.75 Å². The van der Waals surface area contributed by atoms with E-state index >= 15 is 0 Å². The van der Waals surface area contributed by atoms with Gasteiger partial charge in [0.1, 0.15) is 10.8 Å². The maximum atomic E-state index is 12.0. The van der Waals surface area contributed by atoms with Crippen molar-refractivity contribution < 1.29 is 4.74 Å². The first-order valence-electron chi connectivity index (χ1n) is 7.55. The molecule has 0 atom stereocenters. The topological polar surface area (TPSA) is 47.4 Å². The second-order valence-electron chi connectivity index (χ2n) is 5.54. The highest BCUT2D eigenvalue weighted by atomic mass is 35.5. The molecule has 1 aromatic heterocycles. The molecule has 3 rings (SSSR count). The van der Waals surface area contributed by atoms with E-state index in [9.17, 15) is 4.79 Å². The number of benzene rings is 1. The van der Waals surface area contributed by atoms with Crippen LogP contribution in [0.4, 0.5) is 0 Å². The molecule has 126 valence electrons. The molecule has 2 heterocycles. The molecule has 5 nitrogen and oxygen atoms in total. The molecule has 2 aromatic rings. The van der Waals surface area contributed by atoms with Crippen molar-refractivity contribution in [3.05, 3.63) is 62.5 Å². The molecule has 0 saturated heterocycles. The van der Waals surface area contributed by atoms with E-state index in [1.807, 2.05) is 12.1 Å². The van der Waals surface area contributed by atoms with E-state index in [0.29, 0.717) is 6.67 Å². The number of aromatic nitrogens is 2. The van der Waals surface area contributed by atoms with Crippen molar-refractivity contribution >= 4 is 28.8 Å². The van der Waals surface area contributed by atoms with Crippen LogP contribution >= 0.6 is 23.2 Å². The normalized spacial score (nSPS) is 15.2. The summed E-state index contributed by atoms with van der Waals surface area (Å²) in [5, 5.41) is 4.23. The number of nitrogens with zero attached hydrogens (tertiary/aromatic N) is 3. The minimum Gasteiger partial charge on any atom is -0.497 e. The van der Waals surface area contributed by atoms with Crippen LogP contribution in [0.2, 0.25) is 10.0 Å². The second-order valence-corrected chi connectivity index (χ2v) is 6.32. The SMILES string of the molecule is COc1ccc(C2=CCN(Cn3ncc(Cl)c(Cl)c3=O)CC2)cc1. The van der Waals surface area contributed by atoms with E-state index in [2.05, 4.69) is 28.2 Å². The zero-order valence-electron chi connectivity index (χ0n) is 13.2. The first-order valence-corrected chi connectivity index (χ1v) is 8.31. The van der Waals surface area contributed by atoms with Crippen LogP contribution in [0, 0.1) is 0 Å². The lowest BCUT2D eigenvalue weighted by atomic mass is 9.99. The monoisotopic (exact) mass is 365 g/mol. The lowest BCUT2D eigenvalue weighted by Gasteiger charge is -2.26. The van der Waals surface area contributed by atoms with E-state index < -0.39 is 0 Å². The maximum absolute atomic E-state index is 12.0. The Balaban J connectivity index is 1.69. The molecule has 0 spiro atoms. The van der Waals surface area contributed by atoms with Gasteiger partial charge in [0.15, 0.2) is 0 Å². The Hall–Kier alpha value is -1.82. The van der Waals surface area contributed by atoms with Crippen LogP contribution in [0.15, 0.2) is 41.3 Å². The predicted molar refractivity (Wildman–Crippen MR) is 95.7 cm³/mol. The molecule has 0 radical (unpaired) electrons. The number of ether oxygens (including phenoxy) is 1. The first kappa shape index (κ1) is 17.0. The van der Waals surface area contributed by atoms with Gasteiger partial charge in [-0.15, -0.1) is 0 Å². The summed E-state index contributed by atoms with van der Waals surface area (Å²) in [5.41, 5.74) is 2.12. The quantitative estimate of drug-likeness (QED) is 0.833.